The molecule has 0 aliphatic rings. The van der Waals surface area contributed by atoms with Crippen molar-refractivity contribution in [3.8, 4) is 0 Å². The van der Waals surface area contributed by atoms with E-state index in [-0.39, 0.29) is 11.7 Å². The molecular weight excluding hydrogens is 264 g/mol. The van der Waals surface area contributed by atoms with Crippen LogP contribution in [0.1, 0.15) is 25.5 Å². The number of nitrogens with zero attached hydrogens (tertiary/aromatic N) is 3. The van der Waals surface area contributed by atoms with E-state index in [0.29, 0.717) is 12.4 Å². The summed E-state index contributed by atoms with van der Waals surface area (Å²) in [7, 11) is 0. The lowest BCUT2D eigenvalue weighted by atomic mass is 10.1. The topological polar surface area (TPSA) is 65.8 Å². The molecule has 5 nitrogen and oxygen atoms in total. The molecule has 0 amide bonds. The van der Waals surface area contributed by atoms with E-state index in [1.54, 1.807) is 21.5 Å². The summed E-state index contributed by atoms with van der Waals surface area (Å²) >= 11 is 0. The van der Waals surface area contributed by atoms with Crippen LogP contribution < -0.4 is 11.4 Å². The molecule has 0 radical (unpaired) electrons. The molecule has 1 aromatic carbocycles. The fraction of sp³-hybridized carbons (Fsp3) is 0.250. The van der Waals surface area contributed by atoms with E-state index in [0.717, 1.165) is 16.5 Å². The van der Waals surface area contributed by atoms with E-state index in [1.165, 1.54) is 0 Å². The summed E-state index contributed by atoms with van der Waals surface area (Å²) in [6.07, 6.45) is 3.59. The van der Waals surface area contributed by atoms with Crippen LogP contribution in [0.15, 0.2) is 47.5 Å². The molecule has 3 aromatic rings. The number of rotatable bonds is 3. The summed E-state index contributed by atoms with van der Waals surface area (Å²) in [4.78, 5) is 16.7. The Labute approximate surface area is 122 Å². The predicted molar refractivity (Wildman–Crippen MR) is 84.3 cm³/mol. The highest BCUT2D eigenvalue weighted by atomic mass is 16.1. The van der Waals surface area contributed by atoms with Crippen LogP contribution >= 0.6 is 0 Å². The largest absolute Gasteiger partial charge is 0.383 e. The second kappa shape index (κ2) is 5.09. The Morgan fingerprint density at radius 3 is 2.71 bits per heavy atom. The van der Waals surface area contributed by atoms with Crippen molar-refractivity contribution in [1.29, 1.82) is 0 Å². The second-order valence-electron chi connectivity index (χ2n) is 5.44. The average molecular weight is 282 g/mol. The SMILES string of the molecule is CC(C)n1ccn(Cc2cc3ccccc3nc2N)c1=O. The van der Waals surface area contributed by atoms with Crippen molar-refractivity contribution in [1.82, 2.24) is 14.1 Å². The van der Waals surface area contributed by atoms with Gasteiger partial charge in [-0.3, -0.25) is 9.13 Å². The number of nitrogens with two attached hydrogens (primary N) is 1. The van der Waals surface area contributed by atoms with Crippen molar-refractivity contribution in [2.75, 3.05) is 5.73 Å². The summed E-state index contributed by atoms with van der Waals surface area (Å²) in [5.74, 6) is 0.470. The van der Waals surface area contributed by atoms with Gasteiger partial charge in [-0.05, 0) is 26.0 Å². The molecule has 2 aromatic heterocycles. The molecule has 0 saturated heterocycles. The Hall–Kier alpha value is -2.56. The average Bonchev–Trinajstić information content (AvgIpc) is 2.81. The van der Waals surface area contributed by atoms with Crippen molar-refractivity contribution in [3.05, 3.63) is 58.8 Å². The van der Waals surface area contributed by atoms with Crippen LogP contribution in [0, 0.1) is 0 Å². The van der Waals surface area contributed by atoms with Crippen molar-refractivity contribution < 1.29 is 0 Å². The Morgan fingerprint density at radius 1 is 1.24 bits per heavy atom. The van der Waals surface area contributed by atoms with E-state index >= 15 is 0 Å². The number of pyridine rings is 1. The highest BCUT2D eigenvalue weighted by Crippen LogP contribution is 2.18. The first-order chi connectivity index (χ1) is 10.1. The standard InChI is InChI=1S/C16H18N4O/c1-11(2)20-8-7-19(16(20)21)10-13-9-12-5-3-4-6-14(12)18-15(13)17/h3-9,11H,10H2,1-2H3,(H2,17,18). The summed E-state index contributed by atoms with van der Waals surface area (Å²) < 4.78 is 3.35. The predicted octanol–water partition coefficient (Wildman–Crippen LogP) is 2.41. The molecule has 0 aliphatic heterocycles. The van der Waals surface area contributed by atoms with Gasteiger partial charge in [-0.1, -0.05) is 18.2 Å². The normalized spacial score (nSPS) is 11.4. The number of hydrogen-bond acceptors (Lipinski definition) is 3. The molecule has 2 heterocycles. The molecule has 21 heavy (non-hydrogen) atoms. The van der Waals surface area contributed by atoms with Crippen LogP contribution in [0.3, 0.4) is 0 Å². The smallest absolute Gasteiger partial charge is 0.328 e. The monoisotopic (exact) mass is 282 g/mol. The third-order valence-electron chi connectivity index (χ3n) is 3.61. The molecule has 0 spiro atoms. The molecule has 0 unspecified atom stereocenters. The maximum atomic E-state index is 12.3. The Kier molecular flexibility index (Phi) is 3.25. The van der Waals surface area contributed by atoms with Gasteiger partial charge in [0.2, 0.25) is 0 Å². The number of hydrogen-bond donors (Lipinski definition) is 1. The summed E-state index contributed by atoms with van der Waals surface area (Å²) in [5.41, 5.74) is 7.71. The molecule has 5 heteroatoms. The number of anilines is 1. The number of imidazole rings is 1. The Morgan fingerprint density at radius 2 is 2.00 bits per heavy atom. The van der Waals surface area contributed by atoms with Gasteiger partial charge in [0.05, 0.1) is 12.1 Å². The summed E-state index contributed by atoms with van der Waals surface area (Å²) in [5, 5.41) is 1.03. The van der Waals surface area contributed by atoms with E-state index in [2.05, 4.69) is 4.98 Å². The number of para-hydroxylation sites is 1. The van der Waals surface area contributed by atoms with Crippen LogP contribution in [0.5, 0.6) is 0 Å². The van der Waals surface area contributed by atoms with Crippen LogP contribution in [0.25, 0.3) is 10.9 Å². The fourth-order valence-electron chi connectivity index (χ4n) is 2.43. The minimum atomic E-state index is -0.0300. The molecule has 0 fully saturated rings. The van der Waals surface area contributed by atoms with Gasteiger partial charge >= 0.3 is 5.69 Å². The zero-order valence-electron chi connectivity index (χ0n) is 12.2. The van der Waals surface area contributed by atoms with E-state index < -0.39 is 0 Å². The first-order valence-corrected chi connectivity index (χ1v) is 6.97. The zero-order chi connectivity index (χ0) is 15.0. The van der Waals surface area contributed by atoms with Gasteiger partial charge in [0.25, 0.3) is 0 Å². The number of fused-ring (bicyclic) bond motifs is 1. The first-order valence-electron chi connectivity index (χ1n) is 6.97. The lowest BCUT2D eigenvalue weighted by Gasteiger charge is -2.08. The molecule has 2 N–H and O–H groups in total. The number of nitrogen functional groups attached to an aromatic ring is 1. The van der Waals surface area contributed by atoms with Gasteiger partial charge in [0, 0.05) is 29.4 Å². The molecule has 108 valence electrons. The Balaban J connectivity index is 2.02. The molecule has 0 saturated carbocycles. The number of benzene rings is 1. The van der Waals surface area contributed by atoms with Crippen molar-refractivity contribution in [2.45, 2.75) is 26.4 Å². The van der Waals surface area contributed by atoms with Crippen LogP contribution in [-0.4, -0.2) is 14.1 Å². The first kappa shape index (κ1) is 13.4. The van der Waals surface area contributed by atoms with Crippen molar-refractivity contribution >= 4 is 16.7 Å². The lowest BCUT2D eigenvalue weighted by Crippen LogP contribution is -2.25. The van der Waals surface area contributed by atoms with Gasteiger partial charge < -0.3 is 5.73 Å². The van der Waals surface area contributed by atoms with E-state index in [9.17, 15) is 4.79 Å². The zero-order valence-corrected chi connectivity index (χ0v) is 12.2. The highest BCUT2D eigenvalue weighted by Gasteiger charge is 2.09. The van der Waals surface area contributed by atoms with Crippen molar-refractivity contribution in [3.63, 3.8) is 0 Å². The lowest BCUT2D eigenvalue weighted by molar-refractivity contribution is 0.561. The summed E-state index contributed by atoms with van der Waals surface area (Å²) in [6, 6.07) is 9.96. The van der Waals surface area contributed by atoms with Crippen LogP contribution in [-0.2, 0) is 6.54 Å². The van der Waals surface area contributed by atoms with Gasteiger partial charge in [-0.25, -0.2) is 9.78 Å². The van der Waals surface area contributed by atoms with E-state index in [1.807, 2.05) is 44.2 Å². The fourth-order valence-corrected chi connectivity index (χ4v) is 2.43. The third kappa shape index (κ3) is 2.42. The van der Waals surface area contributed by atoms with Gasteiger partial charge in [0.15, 0.2) is 0 Å². The molecule has 0 bridgehead atoms. The minimum Gasteiger partial charge on any atom is -0.383 e. The molecule has 3 rings (SSSR count). The third-order valence-corrected chi connectivity index (χ3v) is 3.61. The highest BCUT2D eigenvalue weighted by molar-refractivity contribution is 5.81. The van der Waals surface area contributed by atoms with Crippen LogP contribution in [0.2, 0.25) is 0 Å². The number of aromatic nitrogens is 3. The molecule has 0 aliphatic carbocycles. The molecule has 0 atom stereocenters. The van der Waals surface area contributed by atoms with Gasteiger partial charge in [-0.2, -0.15) is 0 Å². The Bertz CT molecular complexity index is 845. The van der Waals surface area contributed by atoms with Gasteiger partial charge in [0.1, 0.15) is 5.82 Å². The second-order valence-corrected chi connectivity index (χ2v) is 5.44. The van der Waals surface area contributed by atoms with Crippen LogP contribution in [0.4, 0.5) is 5.82 Å². The maximum absolute atomic E-state index is 12.3. The van der Waals surface area contributed by atoms with Crippen molar-refractivity contribution in [2.24, 2.45) is 0 Å². The maximum Gasteiger partial charge on any atom is 0.328 e. The summed E-state index contributed by atoms with van der Waals surface area (Å²) in [6.45, 7) is 4.40. The van der Waals surface area contributed by atoms with Gasteiger partial charge in [-0.15, -0.1) is 0 Å². The van der Waals surface area contributed by atoms with E-state index in [4.69, 9.17) is 5.73 Å². The molecular formula is C16H18N4O. The minimum absolute atomic E-state index is 0.0300. The quantitative estimate of drug-likeness (QED) is 0.802.